The predicted molar refractivity (Wildman–Crippen MR) is 63.4 cm³/mol. The molecule has 0 fully saturated rings. The van der Waals surface area contributed by atoms with Gasteiger partial charge in [-0.2, -0.15) is 0 Å². The molecule has 0 bridgehead atoms. The first-order chi connectivity index (χ1) is 6.10. The first-order valence-electron chi connectivity index (χ1n) is 4.70. The van der Waals surface area contributed by atoms with E-state index in [9.17, 15) is 4.79 Å². The summed E-state index contributed by atoms with van der Waals surface area (Å²) in [4.78, 5) is 11.2. The Hall–Kier alpha value is -0.993. The van der Waals surface area contributed by atoms with E-state index in [1.54, 1.807) is 0 Å². The maximum Gasteiger partial charge on any atom is 0.278 e. The van der Waals surface area contributed by atoms with E-state index in [0.29, 0.717) is 0 Å². The van der Waals surface area contributed by atoms with Crippen molar-refractivity contribution in [2.45, 2.75) is 40.4 Å². The fraction of sp³-hybridized carbons (Fsp3) is 0.583. The summed E-state index contributed by atoms with van der Waals surface area (Å²) < 4.78 is 0. The van der Waals surface area contributed by atoms with Gasteiger partial charge in [-0.15, -0.1) is 5.54 Å². The number of Topliss-reactive ketones (excluding diaryl/α,β-unsaturated/α-hetero) is 1. The maximum atomic E-state index is 11.2. The Balaban J connectivity index is 4.51. The van der Waals surface area contributed by atoms with Gasteiger partial charge in [0.25, 0.3) is 5.78 Å². The molecule has 0 aromatic rings. The van der Waals surface area contributed by atoms with Crippen LogP contribution >= 0.6 is 0 Å². The third kappa shape index (κ3) is 9.10. The number of rotatable bonds is 0. The van der Waals surface area contributed by atoms with Gasteiger partial charge in [0.2, 0.25) is 0 Å². The van der Waals surface area contributed by atoms with Gasteiger partial charge in [-0.3, -0.25) is 4.79 Å². The molecule has 0 N–H and O–H groups in total. The van der Waals surface area contributed by atoms with E-state index in [1.165, 1.54) is 0 Å². The quantitative estimate of drug-likeness (QED) is 0.338. The number of carbonyl (C=O) groups excluding carboxylic acids is 1. The Morgan fingerprint density at radius 2 is 1.57 bits per heavy atom. The molecule has 0 spiro atoms. The fourth-order valence-corrected chi connectivity index (χ4v) is 1.01. The lowest BCUT2D eigenvalue weighted by Crippen LogP contribution is -2.17. The van der Waals surface area contributed by atoms with Crippen molar-refractivity contribution in [1.29, 1.82) is 0 Å². The van der Waals surface area contributed by atoms with Gasteiger partial charge in [0.15, 0.2) is 0 Å². The molecule has 0 atom stereocenters. The van der Waals surface area contributed by atoms with Gasteiger partial charge in [0, 0.05) is 5.41 Å². The molecule has 0 radical (unpaired) electrons. The number of carbonyl (C=O) groups is 1. The number of hydrogen-bond acceptors (Lipinski definition) is 1. The third-order valence-electron chi connectivity index (χ3n) is 1.10. The molecule has 2 heteroatoms. The van der Waals surface area contributed by atoms with Crippen LogP contribution in [0.15, 0.2) is 0 Å². The summed E-state index contributed by atoms with van der Waals surface area (Å²) in [6.45, 7) is 12.2. The van der Waals surface area contributed by atoms with Crippen LogP contribution in [0.4, 0.5) is 0 Å². The Labute approximate surface area is 88.3 Å². The van der Waals surface area contributed by atoms with Gasteiger partial charge in [0.1, 0.15) is 8.07 Å². The van der Waals surface area contributed by atoms with Gasteiger partial charge in [-0.25, -0.2) is 0 Å². The van der Waals surface area contributed by atoms with Crippen molar-refractivity contribution in [3.05, 3.63) is 0 Å². The summed E-state index contributed by atoms with van der Waals surface area (Å²) in [5.74, 6) is 7.76. The molecule has 0 rings (SSSR count). The smallest absolute Gasteiger partial charge is 0.270 e. The largest absolute Gasteiger partial charge is 0.278 e. The summed E-state index contributed by atoms with van der Waals surface area (Å²) in [6.07, 6.45) is 0. The molecule has 0 saturated carbocycles. The standard InChI is InChI=1S/C12H18OSi/c1-12(2,3)9-7-11(13)8-10-14(4,5)6/h1-6H3. The van der Waals surface area contributed by atoms with E-state index in [0.717, 1.165) is 0 Å². The molecule has 0 heterocycles. The van der Waals surface area contributed by atoms with Crippen molar-refractivity contribution in [3.8, 4) is 23.3 Å². The lowest BCUT2D eigenvalue weighted by atomic mass is 9.98. The lowest BCUT2D eigenvalue weighted by molar-refractivity contribution is -0.108. The molecular formula is C12H18OSi. The molecule has 0 aliphatic carbocycles. The van der Waals surface area contributed by atoms with E-state index in [1.807, 2.05) is 20.8 Å². The Morgan fingerprint density at radius 3 is 1.93 bits per heavy atom. The maximum absolute atomic E-state index is 11.2. The molecule has 0 aromatic heterocycles. The highest BCUT2D eigenvalue weighted by Crippen LogP contribution is 2.09. The van der Waals surface area contributed by atoms with E-state index in [4.69, 9.17) is 0 Å². The summed E-state index contributed by atoms with van der Waals surface area (Å²) in [6, 6.07) is 0. The van der Waals surface area contributed by atoms with Crippen LogP contribution in [0.2, 0.25) is 19.6 Å². The first-order valence-corrected chi connectivity index (χ1v) is 8.20. The molecule has 0 amide bonds. The van der Waals surface area contributed by atoms with Crippen LogP contribution in [-0.4, -0.2) is 13.9 Å². The van der Waals surface area contributed by atoms with Crippen LogP contribution in [0, 0.1) is 28.7 Å². The van der Waals surface area contributed by atoms with Crippen LogP contribution in [0.3, 0.4) is 0 Å². The van der Waals surface area contributed by atoms with Gasteiger partial charge >= 0.3 is 0 Å². The zero-order valence-electron chi connectivity index (χ0n) is 9.91. The van der Waals surface area contributed by atoms with Crippen molar-refractivity contribution in [2.24, 2.45) is 5.41 Å². The first kappa shape index (κ1) is 13.0. The minimum absolute atomic E-state index is 0.128. The summed E-state index contributed by atoms with van der Waals surface area (Å²) in [5, 5.41) is 0. The minimum Gasteiger partial charge on any atom is -0.270 e. The normalized spacial score (nSPS) is 10.7. The van der Waals surface area contributed by atoms with Crippen LogP contribution < -0.4 is 0 Å². The molecule has 1 nitrogen and oxygen atoms in total. The molecule has 0 saturated heterocycles. The van der Waals surface area contributed by atoms with Crippen LogP contribution in [0.1, 0.15) is 20.8 Å². The van der Waals surface area contributed by atoms with E-state index >= 15 is 0 Å². The van der Waals surface area contributed by atoms with Gasteiger partial charge in [0.05, 0.1) is 0 Å². The summed E-state index contributed by atoms with van der Waals surface area (Å²) in [7, 11) is -1.44. The van der Waals surface area contributed by atoms with Crippen molar-refractivity contribution >= 4 is 13.9 Å². The third-order valence-corrected chi connectivity index (χ3v) is 1.98. The Morgan fingerprint density at radius 1 is 1.07 bits per heavy atom. The van der Waals surface area contributed by atoms with Crippen LogP contribution in [0.5, 0.6) is 0 Å². The van der Waals surface area contributed by atoms with Crippen molar-refractivity contribution in [2.75, 3.05) is 0 Å². The topological polar surface area (TPSA) is 17.1 Å². The molecule has 0 aromatic carbocycles. The van der Waals surface area contributed by atoms with E-state index in [-0.39, 0.29) is 11.2 Å². The molecule has 0 unspecified atom stereocenters. The second-order valence-corrected chi connectivity index (χ2v) is 10.1. The highest BCUT2D eigenvalue weighted by Gasteiger charge is 2.08. The van der Waals surface area contributed by atoms with E-state index in [2.05, 4.69) is 42.9 Å². The van der Waals surface area contributed by atoms with Gasteiger partial charge < -0.3 is 0 Å². The Kier molecular flexibility index (Phi) is 4.17. The van der Waals surface area contributed by atoms with Crippen molar-refractivity contribution < 1.29 is 4.79 Å². The highest BCUT2D eigenvalue weighted by atomic mass is 28.3. The summed E-state index contributed by atoms with van der Waals surface area (Å²) in [5.41, 5.74) is 2.87. The minimum atomic E-state index is -1.44. The van der Waals surface area contributed by atoms with Gasteiger partial charge in [-0.05, 0) is 32.6 Å². The van der Waals surface area contributed by atoms with Crippen molar-refractivity contribution in [3.63, 3.8) is 0 Å². The van der Waals surface area contributed by atoms with Gasteiger partial charge in [-0.1, -0.05) is 25.6 Å². The average Bonchev–Trinajstić information content (AvgIpc) is 1.94. The Bertz CT molecular complexity index is 297. The highest BCUT2D eigenvalue weighted by molar-refractivity contribution is 6.84. The molecule has 0 aliphatic rings. The second kappa shape index (κ2) is 4.49. The zero-order chi connectivity index (χ0) is 11.4. The van der Waals surface area contributed by atoms with Crippen LogP contribution in [0.25, 0.3) is 0 Å². The van der Waals surface area contributed by atoms with E-state index < -0.39 is 8.07 Å². The molecular weight excluding hydrogens is 188 g/mol. The zero-order valence-corrected chi connectivity index (χ0v) is 10.9. The molecule has 76 valence electrons. The predicted octanol–water partition coefficient (Wildman–Crippen LogP) is 2.49. The van der Waals surface area contributed by atoms with Crippen LogP contribution in [-0.2, 0) is 4.79 Å². The van der Waals surface area contributed by atoms with Crippen molar-refractivity contribution in [1.82, 2.24) is 0 Å². The second-order valence-electron chi connectivity index (χ2n) is 5.33. The monoisotopic (exact) mass is 206 g/mol. The average molecular weight is 206 g/mol. The summed E-state index contributed by atoms with van der Waals surface area (Å²) >= 11 is 0. The molecule has 0 aliphatic heterocycles. The fourth-order valence-electron chi connectivity index (χ4n) is 0.520. The lowest BCUT2D eigenvalue weighted by Gasteiger charge is -2.05. The number of hydrogen-bond donors (Lipinski definition) is 0. The SMILES string of the molecule is CC(C)(C)C#CC(=O)C#C[Si](C)(C)C. The number of ketones is 1. The molecule has 14 heavy (non-hydrogen) atoms.